The van der Waals surface area contributed by atoms with Gasteiger partial charge in [-0.1, -0.05) is 20.8 Å². The predicted octanol–water partition coefficient (Wildman–Crippen LogP) is 3.11. The Morgan fingerprint density at radius 2 is 1.91 bits per heavy atom. The first kappa shape index (κ1) is 16.6. The Labute approximate surface area is 131 Å². The number of carbonyl (C=O) groups is 2. The van der Waals surface area contributed by atoms with Gasteiger partial charge in [0.2, 0.25) is 0 Å². The van der Waals surface area contributed by atoms with Crippen molar-refractivity contribution >= 4 is 11.9 Å². The number of likely N-dealkylation sites (tertiary alicyclic amines) is 1. The van der Waals surface area contributed by atoms with Crippen LogP contribution in [0.4, 0.5) is 0 Å². The Kier molecular flexibility index (Phi) is 4.63. The van der Waals surface area contributed by atoms with Gasteiger partial charge in [-0.2, -0.15) is 0 Å². The molecule has 1 aliphatic rings. The summed E-state index contributed by atoms with van der Waals surface area (Å²) >= 11 is 0. The van der Waals surface area contributed by atoms with Crippen LogP contribution in [0, 0.1) is 18.3 Å². The van der Waals surface area contributed by atoms with E-state index in [9.17, 15) is 9.59 Å². The highest BCUT2D eigenvalue weighted by Crippen LogP contribution is 2.35. The zero-order valence-corrected chi connectivity index (χ0v) is 13.8. The molecule has 1 aliphatic heterocycles. The van der Waals surface area contributed by atoms with E-state index in [4.69, 9.17) is 9.52 Å². The van der Waals surface area contributed by atoms with Gasteiger partial charge in [-0.3, -0.25) is 9.59 Å². The number of carboxylic acids is 1. The fourth-order valence-corrected chi connectivity index (χ4v) is 3.16. The molecule has 1 amide bonds. The number of hydrogen-bond donors (Lipinski definition) is 1. The second kappa shape index (κ2) is 6.15. The number of carbonyl (C=O) groups excluding carboxylic acids is 1. The fraction of sp³-hybridized carbons (Fsp3) is 0.647. The molecule has 2 rings (SSSR count). The van der Waals surface area contributed by atoms with E-state index >= 15 is 0 Å². The Bertz CT molecular complexity index is 560. The van der Waals surface area contributed by atoms with Gasteiger partial charge in [0.1, 0.15) is 12.2 Å². The second-order valence-corrected chi connectivity index (χ2v) is 7.22. The number of nitrogens with zero attached hydrogens (tertiary/aromatic N) is 1. The van der Waals surface area contributed by atoms with E-state index in [1.807, 2.05) is 4.90 Å². The van der Waals surface area contributed by atoms with Crippen molar-refractivity contribution < 1.29 is 19.1 Å². The minimum atomic E-state index is -0.991. The molecule has 0 aromatic carbocycles. The molecule has 0 radical (unpaired) electrons. The molecule has 1 N–H and O–H groups in total. The van der Waals surface area contributed by atoms with Crippen LogP contribution in [0.15, 0.2) is 10.7 Å². The number of amides is 1. The van der Waals surface area contributed by atoms with Crippen LogP contribution in [0.3, 0.4) is 0 Å². The summed E-state index contributed by atoms with van der Waals surface area (Å²) in [5.41, 5.74) is 1.39. The molecular formula is C17H25NO4. The molecule has 0 unspecified atom stereocenters. The Balaban J connectivity index is 2.10. The van der Waals surface area contributed by atoms with E-state index in [0.29, 0.717) is 17.0 Å². The van der Waals surface area contributed by atoms with Crippen LogP contribution >= 0.6 is 0 Å². The van der Waals surface area contributed by atoms with E-state index in [1.165, 1.54) is 6.26 Å². The van der Waals surface area contributed by atoms with Crippen LogP contribution < -0.4 is 0 Å². The SMILES string of the molecule is Cc1coc(CC(=O)O)c1C(=O)N1CCC(C(C)(C)C)CC1. The van der Waals surface area contributed by atoms with Crippen molar-refractivity contribution in [3.05, 3.63) is 23.2 Å². The van der Waals surface area contributed by atoms with Crippen molar-refractivity contribution in [1.82, 2.24) is 4.90 Å². The molecule has 1 aromatic heterocycles. The van der Waals surface area contributed by atoms with Crippen LogP contribution in [0.25, 0.3) is 0 Å². The third-order valence-electron chi connectivity index (χ3n) is 4.58. The molecule has 5 nitrogen and oxygen atoms in total. The number of furan rings is 1. The number of rotatable bonds is 3. The lowest BCUT2D eigenvalue weighted by atomic mass is 9.75. The Morgan fingerprint density at radius 3 is 2.41 bits per heavy atom. The first-order valence-corrected chi connectivity index (χ1v) is 7.78. The monoisotopic (exact) mass is 307 g/mol. The summed E-state index contributed by atoms with van der Waals surface area (Å²) in [6, 6.07) is 0. The van der Waals surface area contributed by atoms with Crippen molar-refractivity contribution in [2.24, 2.45) is 11.3 Å². The van der Waals surface area contributed by atoms with Crippen LogP contribution in [0.2, 0.25) is 0 Å². The molecule has 5 heteroatoms. The lowest BCUT2D eigenvalue weighted by Crippen LogP contribution is -2.41. The molecule has 0 aliphatic carbocycles. The van der Waals surface area contributed by atoms with E-state index in [2.05, 4.69) is 20.8 Å². The summed E-state index contributed by atoms with van der Waals surface area (Å²) < 4.78 is 5.27. The van der Waals surface area contributed by atoms with Crippen molar-refractivity contribution in [2.75, 3.05) is 13.1 Å². The van der Waals surface area contributed by atoms with Gasteiger partial charge in [-0.05, 0) is 31.1 Å². The highest BCUT2D eigenvalue weighted by atomic mass is 16.4. The zero-order valence-electron chi connectivity index (χ0n) is 13.8. The van der Waals surface area contributed by atoms with Crippen molar-refractivity contribution in [1.29, 1.82) is 0 Å². The Hall–Kier alpha value is -1.78. The standard InChI is InChI=1S/C17H25NO4/c1-11-10-22-13(9-14(19)20)15(11)16(21)18-7-5-12(6-8-18)17(2,3)4/h10,12H,5-9H2,1-4H3,(H,19,20). The summed E-state index contributed by atoms with van der Waals surface area (Å²) in [6.07, 6.45) is 3.18. The Morgan fingerprint density at radius 1 is 1.32 bits per heavy atom. The van der Waals surface area contributed by atoms with Gasteiger partial charge in [-0.25, -0.2) is 0 Å². The van der Waals surface area contributed by atoms with Gasteiger partial charge in [0.05, 0.1) is 11.8 Å². The van der Waals surface area contributed by atoms with E-state index < -0.39 is 5.97 Å². The first-order valence-electron chi connectivity index (χ1n) is 7.78. The van der Waals surface area contributed by atoms with E-state index in [1.54, 1.807) is 6.92 Å². The number of aryl methyl sites for hydroxylation is 1. The smallest absolute Gasteiger partial charge is 0.311 e. The second-order valence-electron chi connectivity index (χ2n) is 7.22. The molecule has 2 heterocycles. The summed E-state index contributed by atoms with van der Waals surface area (Å²) in [5.74, 6) is -0.224. The van der Waals surface area contributed by atoms with Gasteiger partial charge in [0.15, 0.2) is 0 Å². The topological polar surface area (TPSA) is 70.7 Å². The molecule has 0 spiro atoms. The maximum absolute atomic E-state index is 12.7. The number of piperidine rings is 1. The molecule has 0 bridgehead atoms. The summed E-state index contributed by atoms with van der Waals surface area (Å²) in [7, 11) is 0. The van der Waals surface area contributed by atoms with Gasteiger partial charge in [0.25, 0.3) is 5.91 Å². The van der Waals surface area contributed by atoms with Crippen LogP contribution in [0.5, 0.6) is 0 Å². The molecule has 122 valence electrons. The minimum absolute atomic E-state index is 0.102. The summed E-state index contributed by atoms with van der Waals surface area (Å²) in [4.78, 5) is 25.4. The van der Waals surface area contributed by atoms with Crippen LogP contribution in [0.1, 0.15) is 55.3 Å². The molecule has 1 fully saturated rings. The maximum Gasteiger partial charge on any atom is 0.311 e. The predicted molar refractivity (Wildman–Crippen MR) is 82.9 cm³/mol. The number of carboxylic acid groups (broad SMARTS) is 1. The van der Waals surface area contributed by atoms with E-state index in [-0.39, 0.29) is 23.5 Å². The minimum Gasteiger partial charge on any atom is -0.481 e. The molecule has 0 atom stereocenters. The molecule has 0 saturated carbocycles. The highest BCUT2D eigenvalue weighted by Gasteiger charge is 2.32. The van der Waals surface area contributed by atoms with Crippen LogP contribution in [-0.2, 0) is 11.2 Å². The lowest BCUT2D eigenvalue weighted by molar-refractivity contribution is -0.136. The summed E-state index contributed by atoms with van der Waals surface area (Å²) in [5, 5.41) is 8.93. The molecule has 1 saturated heterocycles. The van der Waals surface area contributed by atoms with Crippen molar-refractivity contribution in [2.45, 2.75) is 47.0 Å². The number of hydrogen-bond acceptors (Lipinski definition) is 3. The average molecular weight is 307 g/mol. The normalized spacial score (nSPS) is 16.8. The fourth-order valence-electron chi connectivity index (χ4n) is 3.16. The van der Waals surface area contributed by atoms with Crippen LogP contribution in [-0.4, -0.2) is 35.0 Å². The largest absolute Gasteiger partial charge is 0.481 e. The third-order valence-corrected chi connectivity index (χ3v) is 4.58. The maximum atomic E-state index is 12.7. The summed E-state index contributed by atoms with van der Waals surface area (Å²) in [6.45, 7) is 9.93. The zero-order chi connectivity index (χ0) is 16.5. The van der Waals surface area contributed by atoms with Crippen molar-refractivity contribution in [3.8, 4) is 0 Å². The first-order chi connectivity index (χ1) is 10.2. The van der Waals surface area contributed by atoms with Crippen molar-refractivity contribution in [3.63, 3.8) is 0 Å². The molecular weight excluding hydrogens is 282 g/mol. The van der Waals surface area contributed by atoms with Gasteiger partial charge < -0.3 is 14.4 Å². The van der Waals surface area contributed by atoms with E-state index in [0.717, 1.165) is 25.9 Å². The quantitative estimate of drug-likeness (QED) is 0.931. The number of aliphatic carboxylic acids is 1. The van der Waals surface area contributed by atoms with Gasteiger partial charge >= 0.3 is 5.97 Å². The lowest BCUT2D eigenvalue weighted by Gasteiger charge is -2.38. The van der Waals surface area contributed by atoms with Gasteiger partial charge in [0, 0.05) is 18.7 Å². The third kappa shape index (κ3) is 3.51. The van der Waals surface area contributed by atoms with Gasteiger partial charge in [-0.15, -0.1) is 0 Å². The molecule has 1 aromatic rings. The highest BCUT2D eigenvalue weighted by molar-refractivity contribution is 5.97. The average Bonchev–Trinajstić information content (AvgIpc) is 2.77. The molecule has 22 heavy (non-hydrogen) atoms.